The van der Waals surface area contributed by atoms with Gasteiger partial charge in [0.25, 0.3) is 0 Å². The van der Waals surface area contributed by atoms with E-state index in [-0.39, 0.29) is 18.5 Å². The van der Waals surface area contributed by atoms with Crippen LogP contribution in [0.3, 0.4) is 0 Å². The van der Waals surface area contributed by atoms with Crippen LogP contribution in [0.25, 0.3) is 0 Å². The van der Waals surface area contributed by atoms with Crippen molar-refractivity contribution in [1.82, 2.24) is 20.4 Å². The van der Waals surface area contributed by atoms with E-state index in [0.717, 1.165) is 16.8 Å². The molecule has 0 aliphatic carbocycles. The van der Waals surface area contributed by atoms with Gasteiger partial charge in [-0.1, -0.05) is 40.9 Å². The van der Waals surface area contributed by atoms with Crippen LogP contribution in [0.5, 0.6) is 0 Å². The molecule has 136 valence electrons. The molecule has 0 aliphatic heterocycles. The maximum Gasteiger partial charge on any atom is 0.234 e. The summed E-state index contributed by atoms with van der Waals surface area (Å²) in [5.74, 6) is -0.0517. The average molecular weight is 404 g/mol. The fourth-order valence-electron chi connectivity index (χ4n) is 2.38. The summed E-state index contributed by atoms with van der Waals surface area (Å²) in [5, 5.41) is 12.1. The highest BCUT2D eigenvalue weighted by Crippen LogP contribution is 2.25. The predicted octanol–water partition coefficient (Wildman–Crippen LogP) is 3.81. The summed E-state index contributed by atoms with van der Waals surface area (Å²) >= 11 is 18.6. The second-order valence-corrected chi connectivity index (χ2v) is 7.28. The molecule has 0 radical (unpaired) electrons. The van der Waals surface area contributed by atoms with E-state index in [1.807, 2.05) is 26.8 Å². The van der Waals surface area contributed by atoms with Gasteiger partial charge in [0, 0.05) is 28.2 Å². The van der Waals surface area contributed by atoms with E-state index in [1.165, 1.54) is 0 Å². The molecular formula is C17H21Cl3N4O. The van der Waals surface area contributed by atoms with Crippen molar-refractivity contribution in [2.45, 2.75) is 39.9 Å². The molecule has 1 aromatic carbocycles. The highest BCUT2D eigenvalue weighted by molar-refractivity contribution is 6.35. The fourth-order valence-corrected chi connectivity index (χ4v) is 3.15. The van der Waals surface area contributed by atoms with Crippen molar-refractivity contribution in [1.29, 1.82) is 0 Å². The van der Waals surface area contributed by atoms with Crippen LogP contribution in [0.15, 0.2) is 18.2 Å². The average Bonchev–Trinajstić information content (AvgIpc) is 2.76. The number of carbonyl (C=O) groups excluding carboxylic acids is 1. The molecule has 1 heterocycles. The van der Waals surface area contributed by atoms with Gasteiger partial charge in [-0.2, -0.15) is 5.10 Å². The molecular weight excluding hydrogens is 383 g/mol. The van der Waals surface area contributed by atoms with Gasteiger partial charge in [0.05, 0.1) is 18.8 Å². The smallest absolute Gasteiger partial charge is 0.234 e. The van der Waals surface area contributed by atoms with E-state index in [9.17, 15) is 4.79 Å². The van der Waals surface area contributed by atoms with Crippen LogP contribution in [0.2, 0.25) is 15.2 Å². The van der Waals surface area contributed by atoms with Gasteiger partial charge < -0.3 is 10.6 Å². The second kappa shape index (κ2) is 8.90. The Morgan fingerprint density at radius 1 is 1.28 bits per heavy atom. The first-order valence-electron chi connectivity index (χ1n) is 7.93. The number of amides is 1. The Morgan fingerprint density at radius 3 is 2.64 bits per heavy atom. The number of hydrogen-bond acceptors (Lipinski definition) is 3. The van der Waals surface area contributed by atoms with Crippen molar-refractivity contribution < 1.29 is 4.79 Å². The van der Waals surface area contributed by atoms with E-state index in [4.69, 9.17) is 34.8 Å². The van der Waals surface area contributed by atoms with E-state index < -0.39 is 0 Å². The van der Waals surface area contributed by atoms with E-state index in [0.29, 0.717) is 28.3 Å². The molecule has 0 unspecified atom stereocenters. The SMILES string of the molecule is Cc1nn(Cc2ccc(Cl)cc2Cl)c(Cl)c1CNCC(=O)NC(C)C. The Bertz CT molecular complexity index is 759. The van der Waals surface area contributed by atoms with Crippen molar-refractivity contribution >= 4 is 40.7 Å². The van der Waals surface area contributed by atoms with Crippen LogP contribution in [0, 0.1) is 6.92 Å². The summed E-state index contributed by atoms with van der Waals surface area (Å²) in [6, 6.07) is 5.44. The number of nitrogens with one attached hydrogen (secondary N) is 2. The van der Waals surface area contributed by atoms with Crippen molar-refractivity contribution in [3.05, 3.63) is 50.2 Å². The number of rotatable bonds is 7. The summed E-state index contributed by atoms with van der Waals surface area (Å²) < 4.78 is 1.69. The lowest BCUT2D eigenvalue weighted by molar-refractivity contribution is -0.120. The summed E-state index contributed by atoms with van der Waals surface area (Å²) in [7, 11) is 0. The van der Waals surface area contributed by atoms with Crippen LogP contribution >= 0.6 is 34.8 Å². The number of aromatic nitrogens is 2. The van der Waals surface area contributed by atoms with Gasteiger partial charge >= 0.3 is 0 Å². The van der Waals surface area contributed by atoms with E-state index in [2.05, 4.69) is 15.7 Å². The summed E-state index contributed by atoms with van der Waals surface area (Å²) in [5.41, 5.74) is 2.56. The summed E-state index contributed by atoms with van der Waals surface area (Å²) in [6.07, 6.45) is 0. The number of halogens is 3. The normalized spacial score (nSPS) is 11.2. The number of nitrogens with zero attached hydrogens (tertiary/aromatic N) is 2. The molecule has 2 aromatic rings. The molecule has 1 amide bonds. The van der Waals surface area contributed by atoms with Crippen LogP contribution < -0.4 is 10.6 Å². The Balaban J connectivity index is 2.03. The lowest BCUT2D eigenvalue weighted by Gasteiger charge is -2.09. The molecule has 5 nitrogen and oxygen atoms in total. The Kier molecular flexibility index (Phi) is 7.14. The minimum absolute atomic E-state index is 0.0517. The fraction of sp³-hybridized carbons (Fsp3) is 0.412. The summed E-state index contributed by atoms with van der Waals surface area (Å²) in [6.45, 7) is 6.86. The summed E-state index contributed by atoms with van der Waals surface area (Å²) in [4.78, 5) is 11.7. The van der Waals surface area contributed by atoms with Gasteiger partial charge in [0.1, 0.15) is 5.15 Å². The van der Waals surface area contributed by atoms with Gasteiger partial charge in [-0.3, -0.25) is 4.79 Å². The molecule has 0 aliphatic rings. The number of carbonyl (C=O) groups is 1. The van der Waals surface area contributed by atoms with Crippen LogP contribution in [-0.4, -0.2) is 28.3 Å². The number of benzene rings is 1. The van der Waals surface area contributed by atoms with Crippen LogP contribution in [0.1, 0.15) is 30.7 Å². The first-order chi connectivity index (χ1) is 11.8. The van der Waals surface area contributed by atoms with Gasteiger partial charge in [-0.15, -0.1) is 0 Å². The second-order valence-electron chi connectivity index (χ2n) is 6.07. The van der Waals surface area contributed by atoms with E-state index in [1.54, 1.807) is 16.8 Å². The highest BCUT2D eigenvalue weighted by Gasteiger charge is 2.15. The van der Waals surface area contributed by atoms with Gasteiger partial charge in [-0.25, -0.2) is 4.68 Å². The highest BCUT2D eigenvalue weighted by atomic mass is 35.5. The standard InChI is InChI=1S/C17H21Cl3N4O/c1-10(2)22-16(25)8-21-7-14-11(3)23-24(17(14)20)9-12-4-5-13(18)6-15(12)19/h4-6,10,21H,7-9H2,1-3H3,(H,22,25). The largest absolute Gasteiger partial charge is 0.353 e. The first kappa shape index (κ1) is 20.0. The zero-order valence-corrected chi connectivity index (χ0v) is 16.6. The maximum atomic E-state index is 11.7. The molecule has 0 atom stereocenters. The molecule has 2 N–H and O–H groups in total. The third-order valence-corrected chi connectivity index (χ3v) is 4.57. The third kappa shape index (κ3) is 5.61. The molecule has 1 aromatic heterocycles. The van der Waals surface area contributed by atoms with Gasteiger partial charge in [0.2, 0.25) is 5.91 Å². The van der Waals surface area contributed by atoms with Crippen molar-refractivity contribution in [2.75, 3.05) is 6.54 Å². The lowest BCUT2D eigenvalue weighted by Crippen LogP contribution is -2.37. The Labute approximate surface area is 162 Å². The Morgan fingerprint density at radius 2 is 2.00 bits per heavy atom. The quantitative estimate of drug-likeness (QED) is 0.739. The minimum atomic E-state index is -0.0517. The lowest BCUT2D eigenvalue weighted by atomic mass is 10.2. The number of hydrogen-bond donors (Lipinski definition) is 2. The zero-order valence-electron chi connectivity index (χ0n) is 14.4. The molecule has 0 bridgehead atoms. The molecule has 25 heavy (non-hydrogen) atoms. The van der Waals surface area contributed by atoms with Crippen molar-refractivity contribution in [3.8, 4) is 0 Å². The van der Waals surface area contributed by atoms with Gasteiger partial charge in [-0.05, 0) is 38.5 Å². The van der Waals surface area contributed by atoms with Gasteiger partial charge in [0.15, 0.2) is 0 Å². The Hall–Kier alpha value is -1.27. The first-order valence-corrected chi connectivity index (χ1v) is 9.07. The number of aryl methyl sites for hydroxylation is 1. The van der Waals surface area contributed by atoms with Crippen LogP contribution in [-0.2, 0) is 17.9 Å². The molecule has 2 rings (SSSR count). The predicted molar refractivity (Wildman–Crippen MR) is 103 cm³/mol. The molecule has 0 fully saturated rings. The van der Waals surface area contributed by atoms with Crippen LogP contribution in [0.4, 0.5) is 0 Å². The zero-order chi connectivity index (χ0) is 18.6. The monoisotopic (exact) mass is 402 g/mol. The molecule has 0 saturated carbocycles. The molecule has 8 heteroatoms. The van der Waals surface area contributed by atoms with Crippen molar-refractivity contribution in [2.24, 2.45) is 0 Å². The topological polar surface area (TPSA) is 59.0 Å². The molecule has 0 saturated heterocycles. The maximum absolute atomic E-state index is 11.7. The molecule has 0 spiro atoms. The van der Waals surface area contributed by atoms with Crippen molar-refractivity contribution in [3.63, 3.8) is 0 Å². The third-order valence-electron chi connectivity index (χ3n) is 3.56. The minimum Gasteiger partial charge on any atom is -0.353 e. The van der Waals surface area contributed by atoms with E-state index >= 15 is 0 Å².